The van der Waals surface area contributed by atoms with Crippen LogP contribution < -0.4 is 0 Å². The van der Waals surface area contributed by atoms with Crippen LogP contribution in [-0.4, -0.2) is 22.9 Å². The molecule has 3 aliphatic carbocycles. The van der Waals surface area contributed by atoms with Crippen LogP contribution in [0.25, 0.3) is 0 Å². The third-order valence-electron chi connectivity index (χ3n) is 3.22. The third kappa shape index (κ3) is 4.23. The van der Waals surface area contributed by atoms with Gasteiger partial charge < -0.3 is 10.2 Å². The molecule has 96 valence electrons. The number of aliphatic hydroxyl groups is 2. The van der Waals surface area contributed by atoms with Gasteiger partial charge in [0.25, 0.3) is 0 Å². The summed E-state index contributed by atoms with van der Waals surface area (Å²) >= 11 is 0. The Kier molecular flexibility index (Phi) is 7.86. The molecule has 3 aliphatic rings. The predicted octanol–water partition coefficient (Wildman–Crippen LogP) is 1.54. The van der Waals surface area contributed by atoms with E-state index in [4.69, 9.17) is 5.11 Å². The van der Waals surface area contributed by atoms with Gasteiger partial charge in [-0.1, -0.05) is 0 Å². The molecule has 2 atom stereocenters. The molecule has 2 N–H and O–H groups in total. The van der Waals surface area contributed by atoms with Crippen LogP contribution in [0.3, 0.4) is 0 Å². The molecule has 0 heterocycles. The molecule has 0 spiro atoms. The summed E-state index contributed by atoms with van der Waals surface area (Å²) in [6.45, 7) is 0.210. The third-order valence-corrected chi connectivity index (χ3v) is 3.22. The first-order valence-corrected chi connectivity index (χ1v) is 6.04. The first kappa shape index (κ1) is 16.5. The molecular weight excluding hydrogens is 268 g/mol. The second-order valence-corrected chi connectivity index (χ2v) is 4.36. The molecule has 0 unspecified atom stereocenters. The zero-order valence-corrected chi connectivity index (χ0v) is 11.2. The van der Waals surface area contributed by atoms with Crippen molar-refractivity contribution < 1.29 is 27.3 Å². The summed E-state index contributed by atoms with van der Waals surface area (Å²) in [5, 5.41) is 18.4. The molecule has 3 fully saturated rings. The molecule has 3 rings (SSSR count). The Morgan fingerprint density at radius 3 is 2.06 bits per heavy atom. The molecule has 0 aromatic rings. The standard InChI is InChI=1S/C10H13O2.C5H5.Fe/c11-5-4-7-6-10(12)9-3-1-2-8(7)9;1-2-4-5-3-1;/h1-3,7,10-12H,4-6H2;1-5H;/q;;+2/t7-,10-;;/m0../s1. The minimum Gasteiger partial charge on any atom is -0.396 e. The number of rotatable bonds is 2. The van der Waals surface area contributed by atoms with Crippen molar-refractivity contribution >= 4 is 0 Å². The van der Waals surface area contributed by atoms with Crippen LogP contribution in [0.2, 0.25) is 0 Å². The quantitative estimate of drug-likeness (QED) is 0.756. The van der Waals surface area contributed by atoms with E-state index in [0.717, 1.165) is 18.8 Å². The van der Waals surface area contributed by atoms with Crippen molar-refractivity contribution in [1.82, 2.24) is 0 Å². The largest absolute Gasteiger partial charge is 2.00 e. The van der Waals surface area contributed by atoms with E-state index in [1.807, 2.05) is 51.4 Å². The smallest absolute Gasteiger partial charge is 0.396 e. The van der Waals surface area contributed by atoms with Crippen LogP contribution in [0, 0.1) is 69.1 Å². The Labute approximate surface area is 122 Å². The van der Waals surface area contributed by atoms with Gasteiger partial charge >= 0.3 is 17.1 Å². The summed E-state index contributed by atoms with van der Waals surface area (Å²) in [5.74, 6) is 2.67. The van der Waals surface area contributed by atoms with Gasteiger partial charge in [-0.05, 0) is 76.0 Å². The fourth-order valence-electron chi connectivity index (χ4n) is 2.40. The van der Waals surface area contributed by atoms with Crippen LogP contribution in [-0.2, 0) is 17.1 Å². The molecule has 0 saturated heterocycles. The number of hydrogen-bond donors (Lipinski definition) is 2. The topological polar surface area (TPSA) is 40.5 Å². The second kappa shape index (κ2) is 8.58. The zero-order chi connectivity index (χ0) is 12.1. The maximum absolute atomic E-state index is 9.59. The van der Waals surface area contributed by atoms with Gasteiger partial charge in [-0.2, -0.15) is 0 Å². The second-order valence-electron chi connectivity index (χ2n) is 4.36. The van der Waals surface area contributed by atoms with Gasteiger partial charge in [-0.25, -0.2) is 0 Å². The van der Waals surface area contributed by atoms with Gasteiger partial charge in [0.2, 0.25) is 0 Å². The van der Waals surface area contributed by atoms with Crippen molar-refractivity contribution in [3.63, 3.8) is 0 Å². The molecular formula is C15H18FeO2+2. The van der Waals surface area contributed by atoms with E-state index in [0.29, 0.717) is 5.92 Å². The van der Waals surface area contributed by atoms with Gasteiger partial charge in [0.15, 0.2) is 0 Å². The molecule has 18 heavy (non-hydrogen) atoms. The van der Waals surface area contributed by atoms with Crippen molar-refractivity contribution in [3.05, 3.63) is 63.2 Å². The molecule has 3 saturated carbocycles. The Hall–Kier alpha value is 0.439. The molecule has 10 radical (unpaired) electrons. The summed E-state index contributed by atoms with van der Waals surface area (Å²) < 4.78 is 0. The van der Waals surface area contributed by atoms with Crippen LogP contribution >= 0.6 is 0 Å². The average Bonchev–Trinajstić information content (AvgIpc) is 3.03. The number of fused-ring (bicyclic) bond motifs is 1. The summed E-state index contributed by atoms with van der Waals surface area (Å²) in [5.41, 5.74) is 0. The summed E-state index contributed by atoms with van der Waals surface area (Å²) in [6, 6.07) is 0. The summed E-state index contributed by atoms with van der Waals surface area (Å²) in [6.07, 6.45) is 17.2. The maximum Gasteiger partial charge on any atom is 2.00 e. The van der Waals surface area contributed by atoms with Crippen molar-refractivity contribution in [3.8, 4) is 0 Å². The zero-order valence-electron chi connectivity index (χ0n) is 10.1. The number of hydrogen-bond acceptors (Lipinski definition) is 2. The fourth-order valence-corrected chi connectivity index (χ4v) is 2.40. The molecule has 0 bridgehead atoms. The van der Waals surface area contributed by atoms with E-state index in [2.05, 4.69) is 0 Å². The molecule has 0 aromatic carbocycles. The van der Waals surface area contributed by atoms with Crippen LogP contribution in [0.15, 0.2) is 0 Å². The van der Waals surface area contributed by atoms with Gasteiger partial charge in [0.1, 0.15) is 0 Å². The van der Waals surface area contributed by atoms with Crippen molar-refractivity contribution in [2.75, 3.05) is 6.61 Å². The Balaban J connectivity index is 0.000000230. The fraction of sp³-hybridized carbons (Fsp3) is 0.333. The van der Waals surface area contributed by atoms with Crippen LogP contribution in [0.1, 0.15) is 12.8 Å². The van der Waals surface area contributed by atoms with Gasteiger partial charge in [-0.15, -0.1) is 0 Å². The summed E-state index contributed by atoms with van der Waals surface area (Å²) in [7, 11) is 0. The molecule has 3 heteroatoms. The molecule has 0 aromatic heterocycles. The summed E-state index contributed by atoms with van der Waals surface area (Å²) in [4.78, 5) is 0. The Morgan fingerprint density at radius 1 is 0.944 bits per heavy atom. The molecule has 0 aliphatic heterocycles. The first-order chi connectivity index (χ1) is 8.33. The van der Waals surface area contributed by atoms with Crippen molar-refractivity contribution in [2.45, 2.75) is 18.9 Å². The predicted molar refractivity (Wildman–Crippen MR) is 66.7 cm³/mol. The monoisotopic (exact) mass is 286 g/mol. The van der Waals surface area contributed by atoms with E-state index >= 15 is 0 Å². The molecule has 0 amide bonds. The normalized spacial score (nSPS) is 31.7. The maximum atomic E-state index is 9.59. The van der Waals surface area contributed by atoms with Crippen LogP contribution in [0.4, 0.5) is 0 Å². The van der Waals surface area contributed by atoms with Crippen molar-refractivity contribution in [1.29, 1.82) is 0 Å². The minimum atomic E-state index is -0.299. The average molecular weight is 286 g/mol. The van der Waals surface area contributed by atoms with Gasteiger partial charge in [-0.3, -0.25) is 0 Å². The van der Waals surface area contributed by atoms with E-state index in [-0.39, 0.29) is 29.8 Å². The molecule has 2 nitrogen and oxygen atoms in total. The minimum absolute atomic E-state index is 0. The first-order valence-electron chi connectivity index (χ1n) is 6.04. The Bertz CT molecular complexity index is 211. The van der Waals surface area contributed by atoms with Gasteiger partial charge in [0, 0.05) is 12.5 Å². The number of aliphatic hydroxyl groups excluding tert-OH is 2. The SMILES string of the molecule is OCC[C@H]1C[C@H](O)[C]2[CH][CH][CH][C]21.[CH]1[CH][CH][CH][CH]1.[Fe+2]. The van der Waals surface area contributed by atoms with E-state index in [1.165, 1.54) is 5.92 Å². The van der Waals surface area contributed by atoms with E-state index in [9.17, 15) is 5.11 Å². The van der Waals surface area contributed by atoms with Crippen LogP contribution in [0.5, 0.6) is 0 Å². The van der Waals surface area contributed by atoms with Crippen molar-refractivity contribution in [2.24, 2.45) is 5.92 Å². The van der Waals surface area contributed by atoms with E-state index < -0.39 is 0 Å². The van der Waals surface area contributed by atoms with E-state index in [1.54, 1.807) is 0 Å². The van der Waals surface area contributed by atoms with Gasteiger partial charge in [0.05, 0.1) is 6.10 Å². The Morgan fingerprint density at radius 2 is 1.50 bits per heavy atom.